The van der Waals surface area contributed by atoms with Crippen molar-refractivity contribution in [1.29, 1.82) is 0 Å². The fourth-order valence-electron chi connectivity index (χ4n) is 2.89. The molecule has 2 heterocycles. The van der Waals surface area contributed by atoms with Crippen molar-refractivity contribution in [3.63, 3.8) is 0 Å². The molecule has 0 unspecified atom stereocenters. The number of aromatic nitrogens is 2. The summed E-state index contributed by atoms with van der Waals surface area (Å²) in [5.74, 6) is 1.45. The first kappa shape index (κ1) is 17.0. The lowest BCUT2D eigenvalue weighted by Crippen LogP contribution is -2.49. The SMILES string of the molecule is CCc1nccn1CCN1CCN(C(=O)CC(C)(C)C)CC1. The van der Waals surface area contributed by atoms with Crippen LogP contribution in [0.15, 0.2) is 12.4 Å². The number of aryl methyl sites for hydroxylation is 1. The molecule has 1 saturated heterocycles. The highest BCUT2D eigenvalue weighted by molar-refractivity contribution is 5.76. The van der Waals surface area contributed by atoms with Crippen LogP contribution in [0.1, 0.15) is 39.9 Å². The molecule has 1 aromatic heterocycles. The van der Waals surface area contributed by atoms with Gasteiger partial charge in [0, 0.05) is 64.5 Å². The zero-order chi connectivity index (χ0) is 16.2. The molecule has 0 bridgehead atoms. The van der Waals surface area contributed by atoms with E-state index in [4.69, 9.17) is 0 Å². The van der Waals surface area contributed by atoms with Crippen LogP contribution in [-0.2, 0) is 17.8 Å². The monoisotopic (exact) mass is 306 g/mol. The van der Waals surface area contributed by atoms with Gasteiger partial charge in [0.2, 0.25) is 5.91 Å². The quantitative estimate of drug-likeness (QED) is 0.836. The summed E-state index contributed by atoms with van der Waals surface area (Å²) in [5, 5.41) is 0. The highest BCUT2D eigenvalue weighted by Gasteiger charge is 2.24. The third-order valence-electron chi connectivity index (χ3n) is 4.18. The second-order valence-corrected chi connectivity index (χ2v) is 7.35. The fourth-order valence-corrected chi connectivity index (χ4v) is 2.89. The maximum absolute atomic E-state index is 12.2. The Kier molecular flexibility index (Phi) is 5.62. The van der Waals surface area contributed by atoms with E-state index >= 15 is 0 Å². The zero-order valence-corrected chi connectivity index (χ0v) is 14.5. The van der Waals surface area contributed by atoms with Gasteiger partial charge in [-0.3, -0.25) is 9.69 Å². The first-order valence-corrected chi connectivity index (χ1v) is 8.39. The van der Waals surface area contributed by atoms with E-state index in [0.717, 1.165) is 51.5 Å². The van der Waals surface area contributed by atoms with Crippen molar-refractivity contribution < 1.29 is 4.79 Å². The number of rotatable bonds is 5. The smallest absolute Gasteiger partial charge is 0.223 e. The molecular weight excluding hydrogens is 276 g/mol. The van der Waals surface area contributed by atoms with Gasteiger partial charge in [0.1, 0.15) is 5.82 Å². The Morgan fingerprint density at radius 3 is 2.45 bits per heavy atom. The maximum Gasteiger partial charge on any atom is 0.223 e. The van der Waals surface area contributed by atoms with Crippen LogP contribution in [0.2, 0.25) is 0 Å². The zero-order valence-electron chi connectivity index (χ0n) is 14.5. The molecule has 1 fully saturated rings. The van der Waals surface area contributed by atoms with Gasteiger partial charge in [-0.2, -0.15) is 0 Å². The van der Waals surface area contributed by atoms with Gasteiger partial charge in [0.05, 0.1) is 0 Å². The van der Waals surface area contributed by atoms with E-state index in [-0.39, 0.29) is 5.41 Å². The van der Waals surface area contributed by atoms with Crippen molar-refractivity contribution in [3.05, 3.63) is 18.2 Å². The van der Waals surface area contributed by atoms with Crippen LogP contribution >= 0.6 is 0 Å². The van der Waals surface area contributed by atoms with Gasteiger partial charge in [-0.05, 0) is 5.41 Å². The molecule has 1 aliphatic rings. The van der Waals surface area contributed by atoms with E-state index in [1.165, 1.54) is 0 Å². The molecule has 5 heteroatoms. The molecule has 124 valence electrons. The summed E-state index contributed by atoms with van der Waals surface area (Å²) in [5.41, 5.74) is 0.0756. The number of hydrogen-bond donors (Lipinski definition) is 0. The van der Waals surface area contributed by atoms with Crippen LogP contribution in [0.3, 0.4) is 0 Å². The van der Waals surface area contributed by atoms with Crippen LogP contribution in [0.4, 0.5) is 0 Å². The average Bonchev–Trinajstić information content (AvgIpc) is 2.91. The molecule has 22 heavy (non-hydrogen) atoms. The predicted octanol–water partition coefficient (Wildman–Crippen LogP) is 2.03. The summed E-state index contributed by atoms with van der Waals surface area (Å²) in [6.07, 6.45) is 5.55. The second-order valence-electron chi connectivity index (χ2n) is 7.35. The number of nitrogens with zero attached hydrogens (tertiary/aromatic N) is 4. The minimum Gasteiger partial charge on any atom is -0.340 e. The largest absolute Gasteiger partial charge is 0.340 e. The lowest BCUT2D eigenvalue weighted by Gasteiger charge is -2.36. The number of amides is 1. The van der Waals surface area contributed by atoms with E-state index in [1.54, 1.807) is 0 Å². The molecule has 0 aromatic carbocycles. The molecule has 0 spiro atoms. The van der Waals surface area contributed by atoms with Crippen LogP contribution in [0, 0.1) is 5.41 Å². The molecule has 5 nitrogen and oxygen atoms in total. The number of piperazine rings is 1. The standard InChI is InChI=1S/C17H30N4O/c1-5-15-18-6-7-20(15)11-8-19-9-12-21(13-10-19)16(22)14-17(2,3)4/h6-7H,5,8-14H2,1-4H3. The van der Waals surface area contributed by atoms with E-state index in [1.807, 2.05) is 11.1 Å². The van der Waals surface area contributed by atoms with Crippen LogP contribution in [0.25, 0.3) is 0 Å². The van der Waals surface area contributed by atoms with Gasteiger partial charge in [0.25, 0.3) is 0 Å². The van der Waals surface area contributed by atoms with Gasteiger partial charge in [-0.15, -0.1) is 0 Å². The Morgan fingerprint density at radius 1 is 1.18 bits per heavy atom. The van der Waals surface area contributed by atoms with Gasteiger partial charge in [-0.25, -0.2) is 4.98 Å². The van der Waals surface area contributed by atoms with Crippen molar-refractivity contribution >= 4 is 5.91 Å². The van der Waals surface area contributed by atoms with Gasteiger partial charge in [0.15, 0.2) is 0 Å². The molecule has 0 atom stereocenters. The lowest BCUT2D eigenvalue weighted by atomic mass is 9.91. The molecule has 1 aromatic rings. The molecule has 2 rings (SSSR count). The molecule has 0 N–H and O–H groups in total. The average molecular weight is 306 g/mol. The Balaban J connectivity index is 1.74. The molecule has 0 aliphatic carbocycles. The fraction of sp³-hybridized carbons (Fsp3) is 0.765. The maximum atomic E-state index is 12.2. The Labute approximate surface area is 134 Å². The summed E-state index contributed by atoms with van der Waals surface area (Å²) >= 11 is 0. The lowest BCUT2D eigenvalue weighted by molar-refractivity contribution is -0.134. The molecular formula is C17H30N4O. The van der Waals surface area contributed by atoms with E-state index in [2.05, 4.69) is 48.3 Å². The second kappa shape index (κ2) is 7.27. The van der Waals surface area contributed by atoms with Gasteiger partial charge < -0.3 is 9.47 Å². The van der Waals surface area contributed by atoms with E-state index in [0.29, 0.717) is 12.3 Å². The van der Waals surface area contributed by atoms with Crippen molar-refractivity contribution in [2.45, 2.75) is 47.1 Å². The number of carbonyl (C=O) groups is 1. The number of imidazole rings is 1. The predicted molar refractivity (Wildman–Crippen MR) is 88.7 cm³/mol. The van der Waals surface area contributed by atoms with E-state index in [9.17, 15) is 4.79 Å². The van der Waals surface area contributed by atoms with Gasteiger partial charge >= 0.3 is 0 Å². The summed E-state index contributed by atoms with van der Waals surface area (Å²) in [6, 6.07) is 0. The number of hydrogen-bond acceptors (Lipinski definition) is 3. The van der Waals surface area contributed by atoms with Crippen molar-refractivity contribution in [1.82, 2.24) is 19.4 Å². The third-order valence-corrected chi connectivity index (χ3v) is 4.18. The third kappa shape index (κ3) is 4.83. The molecule has 0 saturated carbocycles. The Morgan fingerprint density at radius 2 is 1.86 bits per heavy atom. The Hall–Kier alpha value is -1.36. The molecule has 0 radical (unpaired) electrons. The topological polar surface area (TPSA) is 41.4 Å². The van der Waals surface area contributed by atoms with Crippen molar-refractivity contribution in [2.24, 2.45) is 5.41 Å². The molecule has 1 aliphatic heterocycles. The first-order valence-electron chi connectivity index (χ1n) is 8.39. The summed E-state index contributed by atoms with van der Waals surface area (Å²) in [7, 11) is 0. The van der Waals surface area contributed by atoms with E-state index < -0.39 is 0 Å². The minimum absolute atomic E-state index is 0.0756. The summed E-state index contributed by atoms with van der Waals surface area (Å²) in [4.78, 5) is 21.1. The van der Waals surface area contributed by atoms with Gasteiger partial charge in [-0.1, -0.05) is 27.7 Å². The summed E-state index contributed by atoms with van der Waals surface area (Å²) < 4.78 is 2.23. The van der Waals surface area contributed by atoms with Crippen LogP contribution in [0.5, 0.6) is 0 Å². The normalized spacial score (nSPS) is 17.0. The van der Waals surface area contributed by atoms with Crippen molar-refractivity contribution in [3.8, 4) is 0 Å². The highest BCUT2D eigenvalue weighted by Crippen LogP contribution is 2.20. The molecule has 1 amide bonds. The van der Waals surface area contributed by atoms with Crippen molar-refractivity contribution in [2.75, 3.05) is 32.7 Å². The van der Waals surface area contributed by atoms with Crippen LogP contribution < -0.4 is 0 Å². The Bertz CT molecular complexity index is 481. The van der Waals surface area contributed by atoms with Crippen LogP contribution in [-0.4, -0.2) is 58.0 Å². The highest BCUT2D eigenvalue weighted by atomic mass is 16.2. The number of carbonyl (C=O) groups excluding carboxylic acids is 1. The first-order chi connectivity index (χ1) is 10.4. The summed E-state index contributed by atoms with van der Waals surface area (Å²) in [6.45, 7) is 14.2. The minimum atomic E-state index is 0.0756.